The van der Waals surface area contributed by atoms with Gasteiger partial charge in [0.2, 0.25) is 0 Å². The Bertz CT molecular complexity index is 3080. The summed E-state index contributed by atoms with van der Waals surface area (Å²) in [6.07, 6.45) is 2.03. The second-order valence-corrected chi connectivity index (χ2v) is 16.6. The number of benzene rings is 9. The first-order chi connectivity index (χ1) is 30.1. The molecule has 0 aliphatic heterocycles. The Balaban J connectivity index is 1.06. The van der Waals surface area contributed by atoms with Crippen LogP contribution in [0, 0.1) is 0 Å². The van der Waals surface area contributed by atoms with Crippen LogP contribution in [0.1, 0.15) is 33.4 Å². The van der Waals surface area contributed by atoms with Gasteiger partial charge in [0.1, 0.15) is 0 Å². The van der Waals surface area contributed by atoms with Crippen LogP contribution in [0.5, 0.6) is 0 Å². The second-order valence-electron chi connectivity index (χ2n) is 15.7. The summed E-state index contributed by atoms with van der Waals surface area (Å²) in [6, 6.07) is 80.6. The Kier molecular flexibility index (Phi) is 9.18. The average Bonchev–Trinajstić information content (AvgIpc) is 3.81. The zero-order valence-corrected chi connectivity index (χ0v) is 34.2. The van der Waals surface area contributed by atoms with Crippen LogP contribution >= 0.6 is 11.9 Å². The van der Waals surface area contributed by atoms with Gasteiger partial charge in [0.05, 0.1) is 11.1 Å². The maximum absolute atomic E-state index is 7.24. The molecule has 11 rings (SSSR count). The lowest BCUT2D eigenvalue weighted by molar-refractivity contribution is 0.794. The van der Waals surface area contributed by atoms with Crippen LogP contribution in [0.3, 0.4) is 0 Å². The fourth-order valence-electron chi connectivity index (χ4n) is 9.47. The van der Waals surface area contributed by atoms with Crippen molar-refractivity contribution in [1.29, 1.82) is 0 Å². The maximum Gasteiger partial charge on any atom is 0.0810 e. The van der Waals surface area contributed by atoms with Crippen molar-refractivity contribution in [1.82, 2.24) is 0 Å². The van der Waals surface area contributed by atoms with Crippen LogP contribution in [-0.2, 0) is 5.41 Å². The minimum Gasteiger partial charge on any atom is -0.398 e. The summed E-state index contributed by atoms with van der Waals surface area (Å²) in [5.41, 5.74) is 27.5. The average molecular weight is 797 g/mol. The lowest BCUT2D eigenvalue weighted by atomic mass is 9.70. The second kappa shape index (κ2) is 15.3. The van der Waals surface area contributed by atoms with Gasteiger partial charge in [-0.25, -0.2) is 4.40 Å². The molecule has 61 heavy (non-hydrogen) atoms. The van der Waals surface area contributed by atoms with Gasteiger partial charge < -0.3 is 5.73 Å². The molecule has 0 unspecified atom stereocenters. The van der Waals surface area contributed by atoms with E-state index in [2.05, 4.69) is 200 Å². The summed E-state index contributed by atoms with van der Waals surface area (Å²) < 4.78 is 5.11. The van der Waals surface area contributed by atoms with Gasteiger partial charge >= 0.3 is 0 Å². The van der Waals surface area contributed by atoms with Crippen LogP contribution in [0.25, 0.3) is 61.3 Å². The summed E-state index contributed by atoms with van der Waals surface area (Å²) in [4.78, 5) is 1.06. The summed E-state index contributed by atoms with van der Waals surface area (Å²) in [5.74, 6) is 0. The third-order valence-electron chi connectivity index (χ3n) is 12.3. The highest BCUT2D eigenvalue weighted by atomic mass is 32.2. The first-order valence-electron chi connectivity index (χ1n) is 20.7. The number of rotatable bonds is 8. The number of fused-ring (bicyclic) bond motifs is 10. The molecular weight excluding hydrogens is 757 g/mol. The Morgan fingerprint density at radius 1 is 0.377 bits per heavy atom. The molecule has 1 spiro atoms. The first-order valence-corrected chi connectivity index (χ1v) is 21.5. The molecule has 0 aromatic heterocycles. The van der Waals surface area contributed by atoms with Crippen LogP contribution in [0.4, 0.5) is 0 Å². The first kappa shape index (κ1) is 36.6. The van der Waals surface area contributed by atoms with Crippen LogP contribution in [0.2, 0.25) is 0 Å². The van der Waals surface area contributed by atoms with Crippen molar-refractivity contribution >= 4 is 23.4 Å². The van der Waals surface area contributed by atoms with Gasteiger partial charge in [0, 0.05) is 28.1 Å². The van der Waals surface area contributed by atoms with E-state index < -0.39 is 5.41 Å². The van der Waals surface area contributed by atoms with Crippen LogP contribution in [-0.4, -0.2) is 5.71 Å². The topological polar surface area (TPSA) is 38.4 Å². The number of nitrogens with two attached hydrogens (primary N) is 1. The molecular formula is C58H40N2S. The fraction of sp³-hybridized carbons (Fsp3) is 0.0172. The molecule has 0 radical (unpaired) electrons. The summed E-state index contributed by atoms with van der Waals surface area (Å²) in [6.45, 7) is 0. The summed E-state index contributed by atoms with van der Waals surface area (Å²) in [5, 5.41) is 0. The molecule has 2 aliphatic rings. The molecule has 288 valence electrons. The number of allylic oxidation sites excluding steroid dienone is 1. The molecule has 0 fully saturated rings. The standard InChI is InChI=1S/C58H40N2S/c59-56(38-57(60-61-47-20-8-3-9-21-47)42-30-28-41(29-31-42)39-16-4-1-5-17-39)46-35-44(40-18-6-2-7-19-40)34-45(36-46)43-32-33-51-50-24-12-15-27-54(50)58(55(51)37-43)52-25-13-10-22-48(52)49-23-11-14-26-53(49)58/h1-38H,59H2/b56-38-,60-57+. The molecule has 0 atom stereocenters. The fourth-order valence-corrected chi connectivity index (χ4v) is 10.1. The number of hydrogen-bond donors (Lipinski definition) is 1. The molecule has 0 amide bonds. The summed E-state index contributed by atoms with van der Waals surface area (Å²) in [7, 11) is 0. The van der Waals surface area contributed by atoms with Crippen molar-refractivity contribution in [2.24, 2.45) is 10.1 Å². The van der Waals surface area contributed by atoms with Crippen LogP contribution < -0.4 is 5.73 Å². The van der Waals surface area contributed by atoms with Gasteiger partial charge in [-0.05, 0) is 126 Å². The summed E-state index contributed by atoms with van der Waals surface area (Å²) >= 11 is 1.45. The van der Waals surface area contributed by atoms with E-state index in [9.17, 15) is 0 Å². The largest absolute Gasteiger partial charge is 0.398 e. The van der Waals surface area contributed by atoms with Gasteiger partial charge in [0.25, 0.3) is 0 Å². The molecule has 3 heteroatoms. The monoisotopic (exact) mass is 796 g/mol. The molecule has 0 saturated carbocycles. The minimum absolute atomic E-state index is 0.425. The van der Waals surface area contributed by atoms with Gasteiger partial charge in [0.15, 0.2) is 0 Å². The zero-order chi connectivity index (χ0) is 40.8. The predicted molar refractivity (Wildman–Crippen MR) is 256 cm³/mol. The van der Waals surface area contributed by atoms with E-state index >= 15 is 0 Å². The molecule has 0 heterocycles. The van der Waals surface area contributed by atoms with E-state index in [0.29, 0.717) is 5.70 Å². The van der Waals surface area contributed by atoms with Crippen molar-refractivity contribution in [3.63, 3.8) is 0 Å². The zero-order valence-electron chi connectivity index (χ0n) is 33.4. The minimum atomic E-state index is -0.425. The van der Waals surface area contributed by atoms with Crippen molar-refractivity contribution in [2.45, 2.75) is 10.3 Å². The Morgan fingerprint density at radius 3 is 1.39 bits per heavy atom. The van der Waals surface area contributed by atoms with Gasteiger partial charge in [-0.2, -0.15) is 0 Å². The molecule has 2 nitrogen and oxygen atoms in total. The highest BCUT2D eigenvalue weighted by Gasteiger charge is 2.51. The molecule has 2 N–H and O–H groups in total. The highest BCUT2D eigenvalue weighted by molar-refractivity contribution is 7.98. The predicted octanol–water partition coefficient (Wildman–Crippen LogP) is 14.5. The van der Waals surface area contributed by atoms with Crippen molar-refractivity contribution < 1.29 is 0 Å². The normalized spacial score (nSPS) is 13.4. The smallest absolute Gasteiger partial charge is 0.0810 e. The van der Waals surface area contributed by atoms with Crippen molar-refractivity contribution in [3.8, 4) is 55.6 Å². The van der Waals surface area contributed by atoms with Gasteiger partial charge in [-0.15, -0.1) is 0 Å². The van der Waals surface area contributed by atoms with E-state index in [1.54, 1.807) is 0 Å². The Hall–Kier alpha value is -7.46. The van der Waals surface area contributed by atoms with E-state index in [0.717, 1.165) is 49.6 Å². The third-order valence-corrected chi connectivity index (χ3v) is 13.0. The van der Waals surface area contributed by atoms with E-state index in [-0.39, 0.29) is 0 Å². The van der Waals surface area contributed by atoms with Crippen LogP contribution in [0.15, 0.2) is 240 Å². The SMILES string of the molecule is N/C(=C\C(=N/Sc1ccccc1)c1ccc(-c2ccccc2)cc1)c1cc(-c2ccccc2)cc(-c2ccc3c(c2)C2(c4ccccc4-c4ccccc42)c2ccccc2-3)c1. The van der Waals surface area contributed by atoms with Gasteiger partial charge in [-0.1, -0.05) is 188 Å². The molecule has 0 bridgehead atoms. The highest BCUT2D eigenvalue weighted by Crippen LogP contribution is 2.63. The third kappa shape index (κ3) is 6.34. The molecule has 2 aliphatic carbocycles. The van der Waals surface area contributed by atoms with E-state index in [4.69, 9.17) is 10.1 Å². The van der Waals surface area contributed by atoms with Gasteiger partial charge in [-0.3, -0.25) is 0 Å². The van der Waals surface area contributed by atoms with E-state index in [1.807, 2.05) is 30.3 Å². The van der Waals surface area contributed by atoms with E-state index in [1.165, 1.54) is 62.0 Å². The molecule has 9 aromatic carbocycles. The number of nitrogens with zero attached hydrogens (tertiary/aromatic N) is 1. The Labute approximate surface area is 361 Å². The number of hydrogen-bond acceptors (Lipinski definition) is 3. The Morgan fingerprint density at radius 2 is 0.820 bits per heavy atom. The molecule has 0 saturated heterocycles. The maximum atomic E-state index is 7.24. The lowest BCUT2D eigenvalue weighted by Crippen LogP contribution is -2.25. The quantitative estimate of drug-likeness (QED) is 0.123. The van der Waals surface area contributed by atoms with Crippen molar-refractivity contribution in [2.75, 3.05) is 0 Å². The molecule has 9 aromatic rings. The van der Waals surface area contributed by atoms with Crippen molar-refractivity contribution in [3.05, 3.63) is 264 Å². The lowest BCUT2D eigenvalue weighted by Gasteiger charge is -2.30.